The fraction of sp³-hybridized carbons (Fsp3) is 0.125. The molecule has 0 saturated carbocycles. The predicted molar refractivity (Wildman–Crippen MR) is 44.3 cm³/mol. The van der Waals surface area contributed by atoms with Crippen LogP contribution in [-0.2, 0) is 6.18 Å². The Morgan fingerprint density at radius 3 is 2.54 bits per heavy atom. The van der Waals surface area contributed by atoms with E-state index in [1.165, 1.54) is 6.08 Å². The van der Waals surface area contributed by atoms with E-state index >= 15 is 0 Å². The van der Waals surface area contributed by atoms with E-state index in [2.05, 4.69) is 11.6 Å². The lowest BCUT2D eigenvalue weighted by atomic mass is 10.2. The second kappa shape index (κ2) is 3.38. The second-order valence-electron chi connectivity index (χ2n) is 2.26. The molecule has 0 fully saturated rings. The molecule has 0 atom stereocenters. The summed E-state index contributed by atoms with van der Waals surface area (Å²) in [5.41, 5.74) is -0.851. The molecule has 0 bridgehead atoms. The molecule has 0 aromatic carbocycles. The fourth-order valence-corrected chi connectivity index (χ4v) is 1.12. The van der Waals surface area contributed by atoms with Gasteiger partial charge in [-0.15, -0.1) is 0 Å². The van der Waals surface area contributed by atoms with Gasteiger partial charge in [-0.05, 0) is 12.1 Å². The van der Waals surface area contributed by atoms with Crippen molar-refractivity contribution in [2.24, 2.45) is 0 Å². The molecular weight excluding hydrogens is 203 g/mol. The third-order valence-electron chi connectivity index (χ3n) is 1.41. The molecule has 0 aliphatic rings. The van der Waals surface area contributed by atoms with E-state index < -0.39 is 16.8 Å². The lowest BCUT2D eigenvalue weighted by Crippen LogP contribution is -2.06. The van der Waals surface area contributed by atoms with Crippen molar-refractivity contribution in [2.75, 3.05) is 0 Å². The van der Waals surface area contributed by atoms with Crippen LogP contribution in [0.15, 0.2) is 18.8 Å². The molecule has 1 nitrogen and oxygen atoms in total. The van der Waals surface area contributed by atoms with Crippen molar-refractivity contribution in [3.8, 4) is 0 Å². The van der Waals surface area contributed by atoms with Crippen molar-refractivity contribution >= 4 is 17.7 Å². The van der Waals surface area contributed by atoms with Crippen LogP contribution in [0.1, 0.15) is 11.3 Å². The Balaban J connectivity index is 3.32. The Kier molecular flexibility index (Phi) is 2.61. The van der Waals surface area contributed by atoms with E-state index in [9.17, 15) is 13.2 Å². The SMILES string of the molecule is C=Cc1nccc(C(F)(F)F)c1Cl. The molecule has 0 unspecified atom stereocenters. The highest BCUT2D eigenvalue weighted by Gasteiger charge is 2.33. The number of aromatic nitrogens is 1. The Bertz CT molecular complexity index is 333. The van der Waals surface area contributed by atoms with Crippen molar-refractivity contribution in [3.05, 3.63) is 35.1 Å². The highest BCUT2D eigenvalue weighted by molar-refractivity contribution is 6.32. The standard InChI is InChI=1S/C8H5ClF3N/c1-2-6-7(9)5(3-4-13-6)8(10,11)12/h2-4H,1H2. The van der Waals surface area contributed by atoms with Crippen LogP contribution in [-0.4, -0.2) is 4.98 Å². The number of rotatable bonds is 1. The van der Waals surface area contributed by atoms with Crippen molar-refractivity contribution in [1.82, 2.24) is 4.98 Å². The zero-order chi connectivity index (χ0) is 10.1. The molecule has 1 rings (SSSR count). The average Bonchev–Trinajstić information content (AvgIpc) is 2.02. The smallest absolute Gasteiger partial charge is 0.255 e. The van der Waals surface area contributed by atoms with Gasteiger partial charge >= 0.3 is 6.18 Å². The zero-order valence-corrected chi connectivity index (χ0v) is 7.15. The molecule has 1 heterocycles. The molecule has 1 aromatic rings. The van der Waals surface area contributed by atoms with Crippen LogP contribution in [0.3, 0.4) is 0 Å². The van der Waals surface area contributed by atoms with Crippen LogP contribution >= 0.6 is 11.6 Å². The van der Waals surface area contributed by atoms with Gasteiger partial charge in [0.15, 0.2) is 0 Å². The maximum absolute atomic E-state index is 12.2. The van der Waals surface area contributed by atoms with Gasteiger partial charge in [-0.25, -0.2) is 0 Å². The third-order valence-corrected chi connectivity index (χ3v) is 1.81. The van der Waals surface area contributed by atoms with Crippen LogP contribution in [0, 0.1) is 0 Å². The molecule has 0 saturated heterocycles. The van der Waals surface area contributed by atoms with Gasteiger partial charge in [0.05, 0.1) is 16.3 Å². The number of nitrogens with zero attached hydrogens (tertiary/aromatic N) is 1. The van der Waals surface area contributed by atoms with E-state index in [0.717, 1.165) is 12.3 Å². The Labute approximate surface area is 77.9 Å². The molecule has 0 spiro atoms. The monoisotopic (exact) mass is 207 g/mol. The number of pyridine rings is 1. The first kappa shape index (κ1) is 10.1. The fourth-order valence-electron chi connectivity index (χ4n) is 0.821. The molecule has 1 aromatic heterocycles. The summed E-state index contributed by atoms with van der Waals surface area (Å²) in [6.45, 7) is 3.30. The number of halogens is 4. The maximum Gasteiger partial charge on any atom is 0.417 e. The van der Waals surface area contributed by atoms with E-state index in [1.807, 2.05) is 0 Å². The van der Waals surface area contributed by atoms with E-state index in [1.54, 1.807) is 0 Å². The molecule has 70 valence electrons. The van der Waals surface area contributed by atoms with Gasteiger partial charge in [0.2, 0.25) is 0 Å². The van der Waals surface area contributed by atoms with Crippen LogP contribution in [0.5, 0.6) is 0 Å². The van der Waals surface area contributed by atoms with Crippen LogP contribution in [0.25, 0.3) is 6.08 Å². The lowest BCUT2D eigenvalue weighted by Gasteiger charge is -2.09. The van der Waals surface area contributed by atoms with Gasteiger partial charge < -0.3 is 0 Å². The van der Waals surface area contributed by atoms with E-state index in [-0.39, 0.29) is 5.69 Å². The first-order chi connectivity index (χ1) is 5.96. The van der Waals surface area contributed by atoms with Crippen LogP contribution < -0.4 is 0 Å². The molecule has 0 N–H and O–H groups in total. The quantitative estimate of drug-likeness (QED) is 0.688. The summed E-state index contributed by atoms with van der Waals surface area (Å²) < 4.78 is 36.7. The topological polar surface area (TPSA) is 12.9 Å². The summed E-state index contributed by atoms with van der Waals surface area (Å²) in [6.07, 6.45) is -2.22. The Hall–Kier alpha value is -1.03. The summed E-state index contributed by atoms with van der Waals surface area (Å²) in [5, 5.41) is -0.412. The van der Waals surface area contributed by atoms with Crippen LogP contribution in [0.2, 0.25) is 5.02 Å². The summed E-state index contributed by atoms with van der Waals surface area (Å²) >= 11 is 5.44. The van der Waals surface area contributed by atoms with Gasteiger partial charge in [-0.3, -0.25) is 4.98 Å². The normalized spacial score (nSPS) is 11.4. The lowest BCUT2D eigenvalue weighted by molar-refractivity contribution is -0.137. The molecule has 0 aliphatic heterocycles. The van der Waals surface area contributed by atoms with E-state index in [0.29, 0.717) is 0 Å². The predicted octanol–water partition coefficient (Wildman–Crippen LogP) is 3.40. The largest absolute Gasteiger partial charge is 0.417 e. The summed E-state index contributed by atoms with van der Waals surface area (Å²) in [6, 6.07) is 0.829. The van der Waals surface area contributed by atoms with Gasteiger partial charge in [0.1, 0.15) is 0 Å². The minimum atomic E-state index is -4.45. The van der Waals surface area contributed by atoms with E-state index in [4.69, 9.17) is 11.6 Å². The summed E-state index contributed by atoms with van der Waals surface area (Å²) in [4.78, 5) is 3.62. The number of hydrogen-bond donors (Lipinski definition) is 0. The summed E-state index contributed by atoms with van der Waals surface area (Å²) in [7, 11) is 0. The van der Waals surface area contributed by atoms with Crippen molar-refractivity contribution in [3.63, 3.8) is 0 Å². The summed E-state index contributed by atoms with van der Waals surface area (Å²) in [5.74, 6) is 0. The number of hydrogen-bond acceptors (Lipinski definition) is 1. The second-order valence-corrected chi connectivity index (χ2v) is 2.64. The highest BCUT2D eigenvalue weighted by atomic mass is 35.5. The molecule has 0 aliphatic carbocycles. The zero-order valence-electron chi connectivity index (χ0n) is 6.40. The minimum absolute atomic E-state index is 0.0384. The van der Waals surface area contributed by atoms with Gasteiger partial charge in [0.25, 0.3) is 0 Å². The average molecular weight is 208 g/mol. The molecule has 0 amide bonds. The van der Waals surface area contributed by atoms with Crippen molar-refractivity contribution < 1.29 is 13.2 Å². The van der Waals surface area contributed by atoms with Gasteiger partial charge in [-0.2, -0.15) is 13.2 Å². The van der Waals surface area contributed by atoms with Crippen LogP contribution in [0.4, 0.5) is 13.2 Å². The Morgan fingerprint density at radius 2 is 2.08 bits per heavy atom. The molecular formula is C8H5ClF3N. The first-order valence-corrected chi connectivity index (χ1v) is 3.68. The number of alkyl halides is 3. The first-order valence-electron chi connectivity index (χ1n) is 3.31. The van der Waals surface area contributed by atoms with Gasteiger partial charge in [0, 0.05) is 6.20 Å². The third kappa shape index (κ3) is 2.01. The Morgan fingerprint density at radius 1 is 1.46 bits per heavy atom. The van der Waals surface area contributed by atoms with Crippen molar-refractivity contribution in [2.45, 2.75) is 6.18 Å². The molecule has 13 heavy (non-hydrogen) atoms. The van der Waals surface area contributed by atoms with Gasteiger partial charge in [-0.1, -0.05) is 18.2 Å². The minimum Gasteiger partial charge on any atom is -0.255 e. The maximum atomic E-state index is 12.2. The molecule has 5 heteroatoms. The van der Waals surface area contributed by atoms with Crippen molar-refractivity contribution in [1.29, 1.82) is 0 Å². The highest BCUT2D eigenvalue weighted by Crippen LogP contribution is 2.35. The molecule has 0 radical (unpaired) electrons.